The monoisotopic (exact) mass is 302 g/mol. The predicted octanol–water partition coefficient (Wildman–Crippen LogP) is 1.62. The molecule has 2 aliphatic heterocycles. The van der Waals surface area contributed by atoms with E-state index in [9.17, 15) is 14.7 Å². The molecule has 0 saturated carbocycles. The van der Waals surface area contributed by atoms with Crippen LogP contribution < -0.4 is 10.2 Å². The van der Waals surface area contributed by atoms with E-state index in [1.54, 1.807) is 13.8 Å². The van der Waals surface area contributed by atoms with Gasteiger partial charge in [-0.25, -0.2) is 0 Å². The van der Waals surface area contributed by atoms with Crippen LogP contribution in [0.5, 0.6) is 0 Å². The van der Waals surface area contributed by atoms with Crippen LogP contribution >= 0.6 is 0 Å². The molecule has 0 aliphatic carbocycles. The lowest BCUT2D eigenvalue weighted by Gasteiger charge is -2.22. The molecule has 3 rings (SSSR count). The summed E-state index contributed by atoms with van der Waals surface area (Å²) in [6, 6.07) is 7.36. The van der Waals surface area contributed by atoms with Crippen LogP contribution in [0.1, 0.15) is 25.8 Å². The van der Waals surface area contributed by atoms with Gasteiger partial charge in [-0.2, -0.15) is 0 Å². The van der Waals surface area contributed by atoms with E-state index in [1.165, 1.54) is 0 Å². The fourth-order valence-electron chi connectivity index (χ4n) is 3.38. The summed E-state index contributed by atoms with van der Waals surface area (Å²) in [7, 11) is 0. The van der Waals surface area contributed by atoms with E-state index >= 15 is 0 Å². The Morgan fingerprint density at radius 1 is 1.32 bits per heavy atom. The van der Waals surface area contributed by atoms with Crippen molar-refractivity contribution >= 4 is 17.6 Å². The second-order valence-corrected chi connectivity index (χ2v) is 6.79. The van der Waals surface area contributed by atoms with E-state index in [0.29, 0.717) is 5.92 Å². The van der Waals surface area contributed by atoms with Crippen LogP contribution in [0.25, 0.3) is 0 Å². The van der Waals surface area contributed by atoms with Gasteiger partial charge in [-0.05, 0) is 44.5 Å². The smallest absolute Gasteiger partial charge is 0.313 e. The molecule has 0 bridgehead atoms. The highest BCUT2D eigenvalue weighted by atomic mass is 16.4. The van der Waals surface area contributed by atoms with Gasteiger partial charge in [0, 0.05) is 30.6 Å². The number of benzene rings is 1. The second-order valence-electron chi connectivity index (χ2n) is 6.79. The van der Waals surface area contributed by atoms with E-state index in [-0.39, 0.29) is 11.8 Å². The maximum atomic E-state index is 12.5. The summed E-state index contributed by atoms with van der Waals surface area (Å²) >= 11 is 0. The van der Waals surface area contributed by atoms with Gasteiger partial charge < -0.3 is 15.3 Å². The standard InChI is InChI=1S/C17H22N2O3/c1-17(2,16(21)22)12-3-5-13(6-4-12)19-10-11-9-18-8-7-14(11)15(19)20/h3-6,11,14,18H,7-10H2,1-2H3,(H,21,22)/t11-,14-/m0/s1. The first-order valence-corrected chi connectivity index (χ1v) is 7.77. The zero-order valence-electron chi connectivity index (χ0n) is 13.0. The molecule has 2 N–H and O–H groups in total. The van der Waals surface area contributed by atoms with Gasteiger partial charge in [0.25, 0.3) is 0 Å². The van der Waals surface area contributed by atoms with Gasteiger partial charge in [0.2, 0.25) is 5.91 Å². The number of nitrogens with zero attached hydrogens (tertiary/aromatic N) is 1. The molecule has 2 aliphatic rings. The fraction of sp³-hybridized carbons (Fsp3) is 0.529. The highest BCUT2D eigenvalue weighted by molar-refractivity contribution is 5.97. The Morgan fingerprint density at radius 2 is 2.00 bits per heavy atom. The third kappa shape index (κ3) is 2.39. The average Bonchev–Trinajstić information content (AvgIpc) is 2.85. The normalized spacial score (nSPS) is 25.2. The zero-order valence-corrected chi connectivity index (χ0v) is 13.0. The van der Waals surface area contributed by atoms with Gasteiger partial charge >= 0.3 is 5.97 Å². The number of rotatable bonds is 3. The van der Waals surface area contributed by atoms with Crippen LogP contribution in [0.3, 0.4) is 0 Å². The fourth-order valence-corrected chi connectivity index (χ4v) is 3.38. The van der Waals surface area contributed by atoms with E-state index in [2.05, 4.69) is 5.32 Å². The molecule has 0 radical (unpaired) electrons. The van der Waals surface area contributed by atoms with Gasteiger partial charge in [0.05, 0.1) is 5.41 Å². The van der Waals surface area contributed by atoms with E-state index in [0.717, 1.165) is 37.3 Å². The molecule has 2 heterocycles. The number of anilines is 1. The Labute approximate surface area is 130 Å². The molecule has 2 fully saturated rings. The maximum Gasteiger partial charge on any atom is 0.313 e. The SMILES string of the molecule is CC(C)(C(=O)O)c1ccc(N2C[C@@H]3CNCC[C@@H]3C2=O)cc1. The number of carbonyl (C=O) groups excluding carboxylic acids is 1. The van der Waals surface area contributed by atoms with Crippen LogP contribution in [-0.2, 0) is 15.0 Å². The Morgan fingerprint density at radius 3 is 2.59 bits per heavy atom. The number of aliphatic carboxylic acids is 1. The average molecular weight is 302 g/mol. The first-order valence-electron chi connectivity index (χ1n) is 7.77. The number of hydrogen-bond donors (Lipinski definition) is 2. The van der Waals surface area contributed by atoms with Crippen molar-refractivity contribution in [2.24, 2.45) is 11.8 Å². The van der Waals surface area contributed by atoms with Crippen LogP contribution in [-0.4, -0.2) is 36.6 Å². The molecular weight excluding hydrogens is 280 g/mol. The van der Waals surface area contributed by atoms with E-state index in [4.69, 9.17) is 0 Å². The Bertz CT molecular complexity index is 594. The van der Waals surface area contributed by atoms with Gasteiger partial charge in [-0.1, -0.05) is 12.1 Å². The van der Waals surface area contributed by atoms with Gasteiger partial charge in [0.15, 0.2) is 0 Å². The summed E-state index contributed by atoms with van der Waals surface area (Å²) in [5.41, 5.74) is 0.685. The Balaban J connectivity index is 1.82. The molecule has 1 aromatic rings. The van der Waals surface area contributed by atoms with Crippen LogP contribution in [0.2, 0.25) is 0 Å². The van der Waals surface area contributed by atoms with Gasteiger partial charge in [-0.15, -0.1) is 0 Å². The summed E-state index contributed by atoms with van der Waals surface area (Å²) in [6.07, 6.45) is 0.907. The summed E-state index contributed by atoms with van der Waals surface area (Å²) in [6.45, 7) is 5.93. The maximum absolute atomic E-state index is 12.5. The molecule has 5 heteroatoms. The molecule has 0 spiro atoms. The summed E-state index contributed by atoms with van der Waals surface area (Å²) < 4.78 is 0. The minimum atomic E-state index is -0.925. The molecule has 2 saturated heterocycles. The predicted molar refractivity (Wildman–Crippen MR) is 83.9 cm³/mol. The molecule has 0 unspecified atom stereocenters. The molecule has 118 valence electrons. The molecule has 5 nitrogen and oxygen atoms in total. The quantitative estimate of drug-likeness (QED) is 0.890. The van der Waals surface area contributed by atoms with Crippen LogP contribution in [0.4, 0.5) is 5.69 Å². The van der Waals surface area contributed by atoms with Crippen LogP contribution in [0.15, 0.2) is 24.3 Å². The number of nitrogens with one attached hydrogen (secondary N) is 1. The third-order valence-corrected chi connectivity index (χ3v) is 5.04. The molecule has 1 aromatic carbocycles. The Hall–Kier alpha value is -1.88. The van der Waals surface area contributed by atoms with E-state index < -0.39 is 11.4 Å². The number of carboxylic acid groups (broad SMARTS) is 1. The van der Waals surface area contributed by atoms with Crippen molar-refractivity contribution < 1.29 is 14.7 Å². The Kier molecular flexibility index (Phi) is 3.68. The van der Waals surface area contributed by atoms with Crippen molar-refractivity contribution in [2.45, 2.75) is 25.7 Å². The van der Waals surface area contributed by atoms with Crippen molar-refractivity contribution in [1.29, 1.82) is 0 Å². The number of amides is 1. The minimum absolute atomic E-state index is 0.136. The summed E-state index contributed by atoms with van der Waals surface area (Å²) in [4.78, 5) is 25.7. The van der Waals surface area contributed by atoms with E-state index in [1.807, 2.05) is 29.2 Å². The van der Waals surface area contributed by atoms with Crippen molar-refractivity contribution in [3.05, 3.63) is 29.8 Å². The molecule has 22 heavy (non-hydrogen) atoms. The first kappa shape index (κ1) is 15.0. The lowest BCUT2D eigenvalue weighted by molar-refractivity contribution is -0.142. The second kappa shape index (κ2) is 5.39. The zero-order chi connectivity index (χ0) is 15.9. The molecular formula is C17H22N2O3. The van der Waals surface area contributed by atoms with Crippen molar-refractivity contribution in [2.75, 3.05) is 24.5 Å². The number of piperidine rings is 1. The van der Waals surface area contributed by atoms with Crippen molar-refractivity contribution in [3.8, 4) is 0 Å². The first-order chi connectivity index (χ1) is 10.4. The van der Waals surface area contributed by atoms with Gasteiger partial charge in [0.1, 0.15) is 0 Å². The van der Waals surface area contributed by atoms with Crippen molar-refractivity contribution in [1.82, 2.24) is 5.32 Å². The van der Waals surface area contributed by atoms with Gasteiger partial charge in [-0.3, -0.25) is 9.59 Å². The third-order valence-electron chi connectivity index (χ3n) is 5.04. The number of carboxylic acids is 1. The summed E-state index contributed by atoms with van der Waals surface area (Å²) in [5.74, 6) is -0.126. The molecule has 0 aromatic heterocycles. The number of hydrogen-bond acceptors (Lipinski definition) is 3. The summed E-state index contributed by atoms with van der Waals surface area (Å²) in [5, 5.41) is 12.6. The van der Waals surface area contributed by atoms with Crippen molar-refractivity contribution in [3.63, 3.8) is 0 Å². The highest BCUT2D eigenvalue weighted by Crippen LogP contribution is 2.34. The highest BCUT2D eigenvalue weighted by Gasteiger charge is 2.42. The largest absolute Gasteiger partial charge is 0.481 e. The number of fused-ring (bicyclic) bond motifs is 1. The number of carbonyl (C=O) groups is 2. The molecule has 2 atom stereocenters. The lowest BCUT2D eigenvalue weighted by atomic mass is 9.85. The topological polar surface area (TPSA) is 69.6 Å². The van der Waals surface area contributed by atoms with Crippen LogP contribution in [0, 0.1) is 11.8 Å². The molecule has 1 amide bonds. The minimum Gasteiger partial charge on any atom is -0.481 e. The lowest BCUT2D eigenvalue weighted by Crippen LogP contribution is -2.36.